The van der Waals surface area contributed by atoms with E-state index in [-0.39, 0.29) is 9.79 Å². The molecule has 0 spiro atoms. The molecule has 1 aromatic carbocycles. The minimum Gasteiger partial charge on any atom is -0.481 e. The third kappa shape index (κ3) is 1.94. The minimum atomic E-state index is -3.60. The van der Waals surface area contributed by atoms with Crippen molar-refractivity contribution in [2.24, 2.45) is 0 Å². The topological polar surface area (TPSA) is 72.1 Å². The van der Waals surface area contributed by atoms with E-state index in [4.69, 9.17) is 4.74 Å². The quantitative estimate of drug-likeness (QED) is 0.803. The summed E-state index contributed by atoms with van der Waals surface area (Å²) in [6.45, 7) is 0. The van der Waals surface area contributed by atoms with Crippen LogP contribution in [-0.2, 0) is 9.84 Å². The Bertz CT molecular complexity index is 855. The molecule has 2 aromatic heterocycles. The van der Waals surface area contributed by atoms with Crippen molar-refractivity contribution in [3.63, 3.8) is 0 Å². The van der Waals surface area contributed by atoms with Crippen LogP contribution < -0.4 is 4.74 Å². The van der Waals surface area contributed by atoms with E-state index >= 15 is 0 Å². The first-order valence-electron chi connectivity index (χ1n) is 5.95. The van der Waals surface area contributed by atoms with Crippen LogP contribution in [0.15, 0.2) is 58.5 Å². The lowest BCUT2D eigenvalue weighted by Crippen LogP contribution is -2.01. The number of sulfone groups is 1. The summed E-state index contributed by atoms with van der Waals surface area (Å²) in [6.07, 6.45) is 1.46. The number of aromatic amines is 1. The number of benzene rings is 1. The average molecular weight is 288 g/mol. The Morgan fingerprint density at radius 1 is 1.10 bits per heavy atom. The number of aromatic nitrogens is 2. The van der Waals surface area contributed by atoms with Crippen LogP contribution in [0.2, 0.25) is 0 Å². The lowest BCUT2D eigenvalue weighted by Gasteiger charge is -2.03. The normalized spacial score (nSPS) is 11.7. The molecule has 2 heterocycles. The maximum absolute atomic E-state index is 12.6. The highest BCUT2D eigenvalue weighted by molar-refractivity contribution is 7.91. The molecule has 0 bridgehead atoms. The zero-order chi connectivity index (χ0) is 14.2. The van der Waals surface area contributed by atoms with E-state index in [9.17, 15) is 8.42 Å². The summed E-state index contributed by atoms with van der Waals surface area (Å²) in [4.78, 5) is 7.52. The van der Waals surface area contributed by atoms with Gasteiger partial charge in [0.05, 0.1) is 17.5 Å². The largest absolute Gasteiger partial charge is 0.481 e. The van der Waals surface area contributed by atoms with Crippen molar-refractivity contribution in [3.8, 4) is 5.88 Å². The number of ether oxygens (including phenoxy) is 1. The first-order valence-corrected chi connectivity index (χ1v) is 7.43. The third-order valence-corrected chi connectivity index (χ3v) is 4.80. The summed E-state index contributed by atoms with van der Waals surface area (Å²) in [5, 5.41) is 0. The fourth-order valence-corrected chi connectivity index (χ4v) is 3.40. The zero-order valence-electron chi connectivity index (χ0n) is 10.7. The second-order valence-corrected chi connectivity index (χ2v) is 6.14. The van der Waals surface area contributed by atoms with Crippen molar-refractivity contribution in [3.05, 3.63) is 48.7 Å². The van der Waals surface area contributed by atoms with Crippen LogP contribution >= 0.6 is 0 Å². The molecule has 0 aliphatic carbocycles. The van der Waals surface area contributed by atoms with E-state index in [1.807, 2.05) is 0 Å². The standard InChI is InChI=1S/C14H12N2O3S/c1-19-13-8-7-11-14(16-13)12(9-15-11)20(17,18)10-5-3-2-4-6-10/h2-9,15H,1H3. The van der Waals surface area contributed by atoms with Crippen molar-refractivity contribution in [2.45, 2.75) is 9.79 Å². The van der Waals surface area contributed by atoms with E-state index in [0.29, 0.717) is 16.9 Å². The maximum atomic E-state index is 12.6. The SMILES string of the molecule is COc1ccc2[nH]cc(S(=O)(=O)c3ccccc3)c2n1. The lowest BCUT2D eigenvalue weighted by molar-refractivity contribution is 0.399. The second kappa shape index (κ2) is 4.64. The molecule has 0 saturated carbocycles. The number of hydrogen-bond acceptors (Lipinski definition) is 4. The van der Waals surface area contributed by atoms with E-state index < -0.39 is 9.84 Å². The number of methoxy groups -OCH3 is 1. The van der Waals surface area contributed by atoms with Gasteiger partial charge in [-0.3, -0.25) is 0 Å². The van der Waals surface area contributed by atoms with Gasteiger partial charge in [-0.1, -0.05) is 18.2 Å². The predicted octanol–water partition coefficient (Wildman–Crippen LogP) is 2.40. The van der Waals surface area contributed by atoms with Gasteiger partial charge in [0.1, 0.15) is 10.4 Å². The van der Waals surface area contributed by atoms with Crippen molar-refractivity contribution in [2.75, 3.05) is 7.11 Å². The molecule has 20 heavy (non-hydrogen) atoms. The molecule has 3 rings (SSSR count). The Hall–Kier alpha value is -2.34. The lowest BCUT2D eigenvalue weighted by atomic mass is 10.4. The van der Waals surface area contributed by atoms with Crippen LogP contribution in [0.5, 0.6) is 5.88 Å². The number of rotatable bonds is 3. The smallest absolute Gasteiger partial charge is 0.213 e. The molecule has 0 fully saturated rings. The van der Waals surface area contributed by atoms with Gasteiger partial charge in [-0.05, 0) is 18.2 Å². The molecule has 3 aromatic rings. The molecule has 102 valence electrons. The fraction of sp³-hybridized carbons (Fsp3) is 0.0714. The number of hydrogen-bond donors (Lipinski definition) is 1. The second-order valence-electron chi connectivity index (χ2n) is 4.22. The summed E-state index contributed by atoms with van der Waals surface area (Å²) >= 11 is 0. The molecule has 0 saturated heterocycles. The highest BCUT2D eigenvalue weighted by atomic mass is 32.2. The van der Waals surface area contributed by atoms with E-state index in [0.717, 1.165) is 0 Å². The zero-order valence-corrected chi connectivity index (χ0v) is 11.5. The number of fused-ring (bicyclic) bond motifs is 1. The minimum absolute atomic E-state index is 0.151. The molecule has 0 atom stereocenters. The van der Waals surface area contributed by atoms with Gasteiger partial charge in [0.2, 0.25) is 15.7 Å². The van der Waals surface area contributed by atoms with Crippen LogP contribution in [0.4, 0.5) is 0 Å². The summed E-state index contributed by atoms with van der Waals surface area (Å²) in [6, 6.07) is 11.7. The van der Waals surface area contributed by atoms with Gasteiger partial charge in [-0.15, -0.1) is 0 Å². The first-order chi connectivity index (χ1) is 9.63. The Kier molecular flexibility index (Phi) is 2.94. The summed E-state index contributed by atoms with van der Waals surface area (Å²) in [5.41, 5.74) is 1.04. The summed E-state index contributed by atoms with van der Waals surface area (Å²) in [7, 11) is -2.10. The van der Waals surface area contributed by atoms with Gasteiger partial charge in [0.15, 0.2) is 0 Å². The maximum Gasteiger partial charge on any atom is 0.213 e. The van der Waals surface area contributed by atoms with Gasteiger partial charge in [0.25, 0.3) is 0 Å². The number of nitrogens with zero attached hydrogens (tertiary/aromatic N) is 1. The Labute approximate surface area is 116 Å². The molecule has 0 aliphatic heterocycles. The number of H-pyrrole nitrogens is 1. The Balaban J connectivity index is 2.24. The average Bonchev–Trinajstić information content (AvgIpc) is 2.91. The van der Waals surface area contributed by atoms with Gasteiger partial charge in [-0.25, -0.2) is 13.4 Å². The third-order valence-electron chi connectivity index (χ3n) is 3.01. The van der Waals surface area contributed by atoms with Crippen LogP contribution in [0.25, 0.3) is 11.0 Å². The number of nitrogens with one attached hydrogen (secondary N) is 1. The van der Waals surface area contributed by atoms with Crippen molar-refractivity contribution in [1.29, 1.82) is 0 Å². The van der Waals surface area contributed by atoms with Gasteiger partial charge in [0, 0.05) is 12.3 Å². The highest BCUT2D eigenvalue weighted by Crippen LogP contribution is 2.28. The molecule has 1 N–H and O–H groups in total. The van der Waals surface area contributed by atoms with Gasteiger partial charge in [-0.2, -0.15) is 0 Å². The van der Waals surface area contributed by atoms with Gasteiger partial charge < -0.3 is 9.72 Å². The van der Waals surface area contributed by atoms with E-state index in [1.165, 1.54) is 13.3 Å². The molecule has 5 nitrogen and oxygen atoms in total. The van der Waals surface area contributed by atoms with Crippen LogP contribution in [-0.4, -0.2) is 25.5 Å². The monoisotopic (exact) mass is 288 g/mol. The fourth-order valence-electron chi connectivity index (χ4n) is 2.00. The first kappa shape index (κ1) is 12.7. The molecule has 0 amide bonds. The molecule has 0 aliphatic rings. The predicted molar refractivity (Wildman–Crippen MR) is 74.5 cm³/mol. The van der Waals surface area contributed by atoms with Crippen molar-refractivity contribution >= 4 is 20.9 Å². The molecule has 6 heteroatoms. The highest BCUT2D eigenvalue weighted by Gasteiger charge is 2.22. The molecule has 0 radical (unpaired) electrons. The van der Waals surface area contributed by atoms with Crippen LogP contribution in [0, 0.1) is 0 Å². The summed E-state index contributed by atoms with van der Waals surface area (Å²) in [5.74, 6) is 0.376. The summed E-state index contributed by atoms with van der Waals surface area (Å²) < 4.78 is 30.3. The van der Waals surface area contributed by atoms with Gasteiger partial charge >= 0.3 is 0 Å². The van der Waals surface area contributed by atoms with Crippen LogP contribution in [0.3, 0.4) is 0 Å². The molecule has 0 unspecified atom stereocenters. The van der Waals surface area contributed by atoms with Crippen molar-refractivity contribution < 1.29 is 13.2 Å². The Morgan fingerprint density at radius 3 is 2.55 bits per heavy atom. The molecular formula is C14H12N2O3S. The van der Waals surface area contributed by atoms with Crippen LogP contribution in [0.1, 0.15) is 0 Å². The van der Waals surface area contributed by atoms with E-state index in [2.05, 4.69) is 9.97 Å². The molecular weight excluding hydrogens is 276 g/mol. The van der Waals surface area contributed by atoms with Crippen molar-refractivity contribution in [1.82, 2.24) is 9.97 Å². The van der Waals surface area contributed by atoms with E-state index in [1.54, 1.807) is 42.5 Å². The number of pyridine rings is 1. The Morgan fingerprint density at radius 2 is 1.85 bits per heavy atom.